The molecule has 3 fully saturated rings. The summed E-state index contributed by atoms with van der Waals surface area (Å²) >= 11 is 0. The standard InChI is InChI=1S/C8H16N2O4S.C7H14N2O4S.C5H12.C3H8N2O2S.C3H10N2.Li.Na.H2O.H/c1-8(2,7(11)14-4)10-6-5-9(3)15(10,12)13;1-7(2,6(10)11)9-5-4-8(3)14(9,12)13;1-5(2,3)4;1-5-3-2-4-8(5,6)7;1-5-3-2-4;;;;/h5-6H2,1-4H3;4-5H2,1-3H3,(H,10,11);1-4H3;4H,2-3H2,1H3;5H,2-4H2,1H3;;;1H2;/q;;;;;2*+1;;-1/p-1. The number of carboxylic acid groups (broad SMARTS) is 1. The van der Waals surface area contributed by atoms with Crippen molar-refractivity contribution in [3.05, 3.63) is 0 Å². The van der Waals surface area contributed by atoms with Gasteiger partial charge in [-0.2, -0.15) is 46.8 Å². The molecule has 24 heteroatoms. The summed E-state index contributed by atoms with van der Waals surface area (Å²) in [5.41, 5.74) is 3.04. The van der Waals surface area contributed by atoms with Gasteiger partial charge in [0, 0.05) is 73.5 Å². The Bertz CT molecular complexity index is 1330. The predicted octanol–water partition coefficient (Wildman–Crippen LogP) is -7.30. The summed E-state index contributed by atoms with van der Waals surface area (Å²) in [4.78, 5) is 22.3. The molecule has 3 saturated heterocycles. The van der Waals surface area contributed by atoms with Crippen molar-refractivity contribution in [2.45, 2.75) is 66.5 Å². The van der Waals surface area contributed by atoms with Gasteiger partial charge < -0.3 is 27.8 Å². The minimum absolute atomic E-state index is 0. The molecule has 3 heterocycles. The first-order valence-electron chi connectivity index (χ1n) is 14.8. The van der Waals surface area contributed by atoms with Gasteiger partial charge >= 0.3 is 60.4 Å². The molecule has 0 saturated carbocycles. The molecule has 3 aliphatic heterocycles. The van der Waals surface area contributed by atoms with Crippen LogP contribution in [0, 0.1) is 5.41 Å². The molecule has 19 nitrogen and oxygen atoms in total. The van der Waals surface area contributed by atoms with Crippen molar-refractivity contribution < 1.29 is 100 Å². The molecule has 0 aromatic rings. The number of carbonyl (C=O) groups excluding carboxylic acids is 1. The van der Waals surface area contributed by atoms with Crippen LogP contribution in [0.25, 0.3) is 0 Å². The van der Waals surface area contributed by atoms with E-state index >= 15 is 0 Å². The molecule has 6 N–H and O–H groups in total. The third kappa shape index (κ3) is 18.9. The van der Waals surface area contributed by atoms with Gasteiger partial charge in [-0.05, 0) is 40.2 Å². The van der Waals surface area contributed by atoms with E-state index in [9.17, 15) is 34.8 Å². The summed E-state index contributed by atoms with van der Waals surface area (Å²) in [5.74, 6) is -1.70. The van der Waals surface area contributed by atoms with Gasteiger partial charge in [-0.25, -0.2) is 4.72 Å². The number of esters is 1. The second kappa shape index (κ2) is 24.4. The normalized spacial score (nSPS) is 20.2. The Morgan fingerprint density at radius 2 is 1.16 bits per heavy atom. The van der Waals surface area contributed by atoms with Crippen LogP contribution in [0.4, 0.5) is 0 Å². The van der Waals surface area contributed by atoms with Crippen LogP contribution >= 0.6 is 0 Å². The molecule has 3 aliphatic rings. The van der Waals surface area contributed by atoms with Crippen LogP contribution in [0.2, 0.25) is 0 Å². The van der Waals surface area contributed by atoms with E-state index in [0.717, 1.165) is 26.0 Å². The number of hydrogen-bond donors (Lipinski definition) is 4. The maximum Gasteiger partial charge on any atom is 1.00 e. The number of hydrogen-bond acceptors (Lipinski definition) is 12. The molecule has 50 heavy (non-hydrogen) atoms. The van der Waals surface area contributed by atoms with E-state index in [1.807, 2.05) is 7.05 Å². The van der Waals surface area contributed by atoms with E-state index in [-0.39, 0.29) is 61.9 Å². The first kappa shape index (κ1) is 59.3. The van der Waals surface area contributed by atoms with Crippen LogP contribution in [0.5, 0.6) is 0 Å². The van der Waals surface area contributed by atoms with Crippen LogP contribution in [0.1, 0.15) is 56.8 Å². The van der Waals surface area contributed by atoms with Gasteiger partial charge in [0.25, 0.3) is 30.6 Å². The number of ether oxygens (including phenoxy) is 1. The zero-order valence-electron chi connectivity index (χ0n) is 33.8. The van der Waals surface area contributed by atoms with Gasteiger partial charge in [0.05, 0.1) is 7.11 Å². The molecule has 0 spiro atoms. The van der Waals surface area contributed by atoms with E-state index in [1.165, 1.54) is 57.5 Å². The number of aliphatic carboxylic acids is 1. The summed E-state index contributed by atoms with van der Waals surface area (Å²) < 4.78 is 80.8. The van der Waals surface area contributed by atoms with Crippen LogP contribution in [0.15, 0.2) is 0 Å². The fourth-order valence-electron chi connectivity index (χ4n) is 3.56. The Balaban J connectivity index is -0.000000130. The molecule has 0 atom stereocenters. The van der Waals surface area contributed by atoms with E-state index < -0.39 is 53.6 Å². The Hall–Kier alpha value is 0.0274. The Morgan fingerprint density at radius 1 is 0.800 bits per heavy atom. The van der Waals surface area contributed by atoms with Crippen LogP contribution in [-0.2, 0) is 45.0 Å². The average Bonchev–Trinajstić information content (AvgIpc) is 3.49. The molecule has 0 amide bonds. The van der Waals surface area contributed by atoms with Gasteiger partial charge in [0.1, 0.15) is 11.1 Å². The molecule has 3 rings (SSSR count). The quantitative estimate of drug-likeness (QED) is 0.144. The van der Waals surface area contributed by atoms with Crippen molar-refractivity contribution in [3.63, 3.8) is 0 Å². The maximum absolute atomic E-state index is 11.8. The first-order valence-corrected chi connectivity index (χ1v) is 19.1. The van der Waals surface area contributed by atoms with Crippen LogP contribution in [0.3, 0.4) is 0 Å². The number of likely N-dealkylation sites (N-methyl/N-ethyl adjacent to an activating group) is 4. The van der Waals surface area contributed by atoms with Crippen molar-refractivity contribution in [1.29, 1.82) is 0 Å². The van der Waals surface area contributed by atoms with Gasteiger partial charge in [0.2, 0.25) is 0 Å². The maximum atomic E-state index is 11.8. The fraction of sp³-hybridized carbons (Fsp3) is 0.923. The predicted molar refractivity (Wildman–Crippen MR) is 185 cm³/mol. The fourth-order valence-corrected chi connectivity index (χ4v) is 7.69. The van der Waals surface area contributed by atoms with Crippen molar-refractivity contribution >= 4 is 42.6 Å². The number of nitrogens with one attached hydrogen (secondary N) is 2. The van der Waals surface area contributed by atoms with Gasteiger partial charge in [0.15, 0.2) is 0 Å². The van der Waals surface area contributed by atoms with Gasteiger partial charge in [-0.15, -0.1) is 0 Å². The van der Waals surface area contributed by atoms with Gasteiger partial charge in [-0.3, -0.25) is 9.59 Å². The summed E-state index contributed by atoms with van der Waals surface area (Å²) in [6, 6.07) is 0. The Kier molecular flexibility index (Phi) is 29.0. The average molecular weight is 789 g/mol. The second-order valence-corrected chi connectivity index (χ2v) is 19.1. The number of nitrogens with zero attached hydrogens (tertiary/aromatic N) is 5. The molecule has 0 aromatic carbocycles. The number of rotatable bonds is 6. The van der Waals surface area contributed by atoms with E-state index in [4.69, 9.17) is 10.8 Å². The zero-order chi connectivity index (χ0) is 37.8. The number of nitrogens with two attached hydrogens (primary N) is 1. The first-order chi connectivity index (χ1) is 21.0. The van der Waals surface area contributed by atoms with E-state index in [2.05, 4.69) is 42.5 Å². The molecule has 292 valence electrons. The number of methoxy groups -OCH3 is 1. The Labute approximate surface area is 337 Å². The number of carboxylic acids is 1. The largest absolute Gasteiger partial charge is 1.00 e. The SMILES string of the molecule is CC(C)(C)C.CN1CCN(C(C)(C)C(=O)O)S1(=O)=O.CN1CCNS1(=O)=O.CNCCN.COC(=O)C(C)(C)N1CCN(C)S1(=O)=O.[H-].[Li+].[Na+].[OH-]. The van der Waals surface area contributed by atoms with Gasteiger partial charge in [-0.1, -0.05) is 27.7 Å². The number of carbonyl (C=O) groups is 2. The monoisotopic (exact) mass is 788 g/mol. The third-order valence-electron chi connectivity index (χ3n) is 6.55. The van der Waals surface area contributed by atoms with Crippen LogP contribution in [-0.4, -0.2) is 168 Å². The van der Waals surface area contributed by atoms with E-state index in [1.54, 1.807) is 7.05 Å². The van der Waals surface area contributed by atoms with Crippen molar-refractivity contribution in [2.24, 2.45) is 11.1 Å². The molecule has 0 aliphatic carbocycles. The minimum atomic E-state index is -3.58. The summed E-state index contributed by atoms with van der Waals surface area (Å²) in [6.07, 6.45) is 0. The topological polar surface area (TPSA) is 262 Å². The molecular formula is C26H62LiN8NaO11S3. The summed E-state index contributed by atoms with van der Waals surface area (Å²) in [5, 5.41) is 11.8. The molecule has 0 bridgehead atoms. The molecule has 0 aromatic heterocycles. The molecular weight excluding hydrogens is 726 g/mol. The zero-order valence-corrected chi connectivity index (χ0v) is 37.2. The molecule has 0 unspecified atom stereocenters. The summed E-state index contributed by atoms with van der Waals surface area (Å²) in [6.45, 7) is 18.6. The van der Waals surface area contributed by atoms with Crippen LogP contribution < -0.4 is 64.2 Å². The van der Waals surface area contributed by atoms with Crippen molar-refractivity contribution in [2.75, 3.05) is 87.7 Å². The smallest absolute Gasteiger partial charge is 1.00 e. The van der Waals surface area contributed by atoms with Crippen molar-refractivity contribution in [3.8, 4) is 0 Å². The summed E-state index contributed by atoms with van der Waals surface area (Å²) in [7, 11) is -2.53. The Morgan fingerprint density at radius 3 is 1.32 bits per heavy atom. The van der Waals surface area contributed by atoms with Crippen molar-refractivity contribution in [1.82, 2.24) is 31.6 Å². The van der Waals surface area contributed by atoms with E-state index in [0.29, 0.717) is 38.1 Å². The minimum Gasteiger partial charge on any atom is -1.00 e. The second-order valence-electron chi connectivity index (χ2n) is 13.3. The third-order valence-corrected chi connectivity index (χ3v) is 12.5. The molecule has 0 radical (unpaired) electrons.